The molecule has 4 atom stereocenters. The predicted octanol–water partition coefficient (Wildman–Crippen LogP) is 4.79. The Hall–Kier alpha value is -3.97. The number of Topliss-reactive ketones (excluding diaryl/α,β-unsaturated/α-hetero) is 1. The van der Waals surface area contributed by atoms with Gasteiger partial charge in [0.1, 0.15) is 17.5 Å². The Morgan fingerprint density at radius 3 is 2.03 bits per heavy atom. The lowest BCUT2D eigenvalue weighted by molar-refractivity contribution is -0.150. The molecule has 3 aromatic carbocycles. The number of anilines is 2. The zero-order valence-corrected chi connectivity index (χ0v) is 21.2. The number of hydrogen-bond donors (Lipinski definition) is 3. The Balaban J connectivity index is 1.79. The van der Waals surface area contributed by atoms with Gasteiger partial charge in [-0.2, -0.15) is 0 Å². The Morgan fingerprint density at radius 2 is 1.46 bits per heavy atom. The molecule has 3 aromatic rings. The number of amides is 2. The van der Waals surface area contributed by atoms with Crippen LogP contribution in [0.15, 0.2) is 84.9 Å². The van der Waals surface area contributed by atoms with Crippen LogP contribution in [0.3, 0.4) is 0 Å². The minimum atomic E-state index is -1.68. The Bertz CT molecular complexity index is 1260. The molecule has 4 unspecified atom stereocenters. The largest absolute Gasteiger partial charge is 0.491 e. The monoisotopic (exact) mass is 500 g/mol. The Kier molecular flexibility index (Phi) is 7.74. The molecule has 0 radical (unpaired) electrons. The van der Waals surface area contributed by atoms with Gasteiger partial charge in [-0.3, -0.25) is 14.4 Å². The molecule has 0 bridgehead atoms. The van der Waals surface area contributed by atoms with Gasteiger partial charge in [0.05, 0.1) is 17.6 Å². The molecule has 0 heterocycles. The van der Waals surface area contributed by atoms with E-state index in [2.05, 4.69) is 10.6 Å². The number of ether oxygens (including phenoxy) is 1. The van der Waals surface area contributed by atoms with Crippen molar-refractivity contribution in [3.05, 3.63) is 90.5 Å². The van der Waals surface area contributed by atoms with Crippen LogP contribution in [0.25, 0.3) is 0 Å². The fourth-order valence-corrected chi connectivity index (χ4v) is 5.04. The lowest BCUT2D eigenvalue weighted by Crippen LogP contribution is -2.56. The number of aliphatic hydroxyl groups is 1. The minimum absolute atomic E-state index is 0.0966. The van der Waals surface area contributed by atoms with Crippen molar-refractivity contribution in [2.75, 3.05) is 10.6 Å². The predicted molar refractivity (Wildman–Crippen MR) is 142 cm³/mol. The average molecular weight is 501 g/mol. The lowest BCUT2D eigenvalue weighted by atomic mass is 9.61. The highest BCUT2D eigenvalue weighted by molar-refractivity contribution is 6.10. The third-order valence-corrected chi connectivity index (χ3v) is 6.53. The second-order valence-corrected chi connectivity index (χ2v) is 9.93. The van der Waals surface area contributed by atoms with Crippen molar-refractivity contribution in [1.82, 2.24) is 0 Å². The first-order valence-corrected chi connectivity index (χ1v) is 12.4. The second kappa shape index (κ2) is 11.0. The normalized spacial score (nSPS) is 23.4. The molecule has 0 aliphatic heterocycles. The third-order valence-electron chi connectivity index (χ3n) is 6.53. The SMILES string of the molecule is CC(C)Oc1cccc(C2C(C(=O)Nc3ccccc3)C(=O)CC(C)(O)C2C(=O)Nc2ccccc2)c1. The third kappa shape index (κ3) is 6.06. The summed E-state index contributed by atoms with van der Waals surface area (Å²) in [5.41, 5.74) is -0.0217. The van der Waals surface area contributed by atoms with Crippen molar-refractivity contribution in [2.24, 2.45) is 11.8 Å². The molecule has 2 amide bonds. The highest BCUT2D eigenvalue weighted by atomic mass is 16.5. The minimum Gasteiger partial charge on any atom is -0.491 e. The number of hydrogen-bond acceptors (Lipinski definition) is 5. The van der Waals surface area contributed by atoms with Gasteiger partial charge in [0.25, 0.3) is 0 Å². The maximum atomic E-state index is 13.7. The van der Waals surface area contributed by atoms with E-state index in [9.17, 15) is 19.5 Å². The van der Waals surface area contributed by atoms with Gasteiger partial charge in [-0.25, -0.2) is 0 Å². The van der Waals surface area contributed by atoms with Crippen LogP contribution in [0.2, 0.25) is 0 Å². The molecule has 192 valence electrons. The van der Waals surface area contributed by atoms with Crippen molar-refractivity contribution in [1.29, 1.82) is 0 Å². The number of carbonyl (C=O) groups is 3. The molecular formula is C30H32N2O5. The van der Waals surface area contributed by atoms with E-state index in [1.807, 2.05) is 26.0 Å². The summed E-state index contributed by atoms with van der Waals surface area (Å²) in [5, 5.41) is 17.1. The highest BCUT2D eigenvalue weighted by Gasteiger charge is 2.56. The number of carbonyl (C=O) groups excluding carboxylic acids is 3. The van der Waals surface area contributed by atoms with E-state index in [1.54, 1.807) is 72.8 Å². The van der Waals surface area contributed by atoms with Crippen LogP contribution in [0.5, 0.6) is 5.75 Å². The van der Waals surface area contributed by atoms with Crippen LogP contribution >= 0.6 is 0 Å². The molecule has 0 spiro atoms. The number of rotatable bonds is 7. The molecule has 1 saturated carbocycles. The summed E-state index contributed by atoms with van der Waals surface area (Å²) in [5.74, 6) is -4.09. The molecule has 4 rings (SSSR count). The van der Waals surface area contributed by atoms with E-state index in [0.29, 0.717) is 22.7 Å². The van der Waals surface area contributed by atoms with Gasteiger partial charge in [0.2, 0.25) is 11.8 Å². The standard InChI is InChI=1S/C30H32N2O5/c1-19(2)37-23-16-10-11-20(17-23)25-26(28(34)31-21-12-6-4-7-13-21)24(33)18-30(3,36)27(25)29(35)32-22-14-8-5-9-15-22/h4-17,19,25-27,36H,18H2,1-3H3,(H,31,34)(H,32,35). The molecule has 0 aromatic heterocycles. The number of para-hydroxylation sites is 2. The molecule has 1 aliphatic carbocycles. The lowest BCUT2D eigenvalue weighted by Gasteiger charge is -2.44. The van der Waals surface area contributed by atoms with Crippen LogP contribution < -0.4 is 15.4 Å². The summed E-state index contributed by atoms with van der Waals surface area (Å²) in [6, 6.07) is 24.8. The van der Waals surface area contributed by atoms with Crippen molar-refractivity contribution >= 4 is 29.0 Å². The molecule has 0 saturated heterocycles. The van der Waals surface area contributed by atoms with Crippen LogP contribution in [0.1, 0.15) is 38.7 Å². The molecule has 7 heteroatoms. The first kappa shape index (κ1) is 26.1. The summed E-state index contributed by atoms with van der Waals surface area (Å²) in [7, 11) is 0. The Morgan fingerprint density at radius 1 is 0.892 bits per heavy atom. The van der Waals surface area contributed by atoms with E-state index in [4.69, 9.17) is 4.74 Å². The smallest absolute Gasteiger partial charge is 0.235 e. The summed E-state index contributed by atoms with van der Waals surface area (Å²) in [6.45, 7) is 5.27. The van der Waals surface area contributed by atoms with Crippen molar-refractivity contribution < 1.29 is 24.2 Å². The average Bonchev–Trinajstić information content (AvgIpc) is 2.83. The molecular weight excluding hydrogens is 468 g/mol. The van der Waals surface area contributed by atoms with Gasteiger partial charge in [-0.15, -0.1) is 0 Å². The molecule has 1 fully saturated rings. The number of nitrogens with one attached hydrogen (secondary N) is 2. The molecule has 7 nitrogen and oxygen atoms in total. The molecule has 1 aliphatic rings. The van der Waals surface area contributed by atoms with Crippen molar-refractivity contribution in [3.8, 4) is 5.75 Å². The zero-order chi connectivity index (χ0) is 26.6. The van der Waals surface area contributed by atoms with E-state index in [-0.39, 0.29) is 12.5 Å². The van der Waals surface area contributed by atoms with Crippen LogP contribution in [-0.4, -0.2) is 34.4 Å². The van der Waals surface area contributed by atoms with Gasteiger partial charge in [-0.1, -0.05) is 48.5 Å². The number of benzene rings is 3. The summed E-state index contributed by atoms with van der Waals surface area (Å²) in [4.78, 5) is 40.7. The van der Waals surface area contributed by atoms with Gasteiger partial charge < -0.3 is 20.5 Å². The van der Waals surface area contributed by atoms with Crippen molar-refractivity contribution in [2.45, 2.75) is 44.8 Å². The van der Waals surface area contributed by atoms with Gasteiger partial charge in [0, 0.05) is 23.7 Å². The van der Waals surface area contributed by atoms with Gasteiger partial charge >= 0.3 is 0 Å². The fraction of sp³-hybridized carbons (Fsp3) is 0.300. The van der Waals surface area contributed by atoms with E-state index in [1.165, 1.54) is 6.92 Å². The topological polar surface area (TPSA) is 105 Å². The maximum Gasteiger partial charge on any atom is 0.235 e. The maximum absolute atomic E-state index is 13.7. The van der Waals surface area contributed by atoms with Crippen LogP contribution in [0.4, 0.5) is 11.4 Å². The summed E-state index contributed by atoms with van der Waals surface area (Å²) >= 11 is 0. The van der Waals surface area contributed by atoms with E-state index >= 15 is 0 Å². The van der Waals surface area contributed by atoms with Gasteiger partial charge in [0.15, 0.2) is 0 Å². The van der Waals surface area contributed by atoms with Gasteiger partial charge in [-0.05, 0) is 62.7 Å². The van der Waals surface area contributed by atoms with Crippen molar-refractivity contribution in [3.63, 3.8) is 0 Å². The van der Waals surface area contributed by atoms with Crippen LogP contribution in [0, 0.1) is 11.8 Å². The van der Waals surface area contributed by atoms with Crippen LogP contribution in [-0.2, 0) is 14.4 Å². The zero-order valence-electron chi connectivity index (χ0n) is 21.2. The number of ketones is 1. The van der Waals surface area contributed by atoms with E-state index < -0.39 is 41.0 Å². The summed E-state index contributed by atoms with van der Waals surface area (Å²) < 4.78 is 5.86. The quantitative estimate of drug-likeness (QED) is 0.405. The highest BCUT2D eigenvalue weighted by Crippen LogP contribution is 2.47. The second-order valence-electron chi connectivity index (χ2n) is 9.93. The summed E-state index contributed by atoms with van der Waals surface area (Å²) in [6.07, 6.45) is -0.425. The Labute approximate surface area is 216 Å². The van der Waals surface area contributed by atoms with E-state index in [0.717, 1.165) is 0 Å². The first-order valence-electron chi connectivity index (χ1n) is 12.4. The molecule has 37 heavy (non-hydrogen) atoms. The fourth-order valence-electron chi connectivity index (χ4n) is 5.04. The first-order chi connectivity index (χ1) is 17.7. The molecule has 3 N–H and O–H groups in total.